The van der Waals surface area contributed by atoms with Crippen molar-refractivity contribution in [2.45, 2.75) is 43.9 Å². The molecule has 0 spiro atoms. The predicted octanol–water partition coefficient (Wildman–Crippen LogP) is -0.0742. The largest absolute Gasteiger partial charge is 0.373 e. The molecular weight excluding hydrogens is 206 g/mol. The van der Waals surface area contributed by atoms with Crippen LogP contribution in [0, 0.1) is 11.3 Å². The summed E-state index contributed by atoms with van der Waals surface area (Å²) in [6.45, 7) is 0.757. The van der Waals surface area contributed by atoms with Crippen LogP contribution in [0.4, 0.5) is 0 Å². The molecule has 2 fully saturated rings. The van der Waals surface area contributed by atoms with Gasteiger partial charge in [0.15, 0.2) is 0 Å². The molecule has 16 heavy (non-hydrogen) atoms. The molecule has 2 aliphatic rings. The summed E-state index contributed by atoms with van der Waals surface area (Å²) in [4.78, 5) is 11.4. The molecule has 0 saturated carbocycles. The zero-order valence-electron chi connectivity index (χ0n) is 9.24. The molecule has 0 aromatic rings. The molecule has 2 rings (SSSR count). The van der Waals surface area contributed by atoms with Crippen molar-refractivity contribution in [1.82, 2.24) is 10.6 Å². The van der Waals surface area contributed by atoms with Gasteiger partial charge >= 0.3 is 0 Å². The average Bonchev–Trinajstić information content (AvgIpc) is 2.88. The van der Waals surface area contributed by atoms with E-state index in [1.54, 1.807) is 0 Å². The molecule has 2 aliphatic heterocycles. The molecule has 3 atom stereocenters. The van der Waals surface area contributed by atoms with Crippen molar-refractivity contribution < 1.29 is 9.53 Å². The first-order chi connectivity index (χ1) is 7.79. The lowest BCUT2D eigenvalue weighted by Crippen LogP contribution is -2.43. The smallest absolute Gasteiger partial charge is 0.234 e. The van der Waals surface area contributed by atoms with Crippen LogP contribution >= 0.6 is 0 Å². The number of rotatable bonds is 5. The van der Waals surface area contributed by atoms with E-state index in [4.69, 9.17) is 10.00 Å². The summed E-state index contributed by atoms with van der Waals surface area (Å²) in [7, 11) is 0. The molecule has 0 aromatic carbocycles. The van der Waals surface area contributed by atoms with Crippen molar-refractivity contribution in [3.63, 3.8) is 0 Å². The summed E-state index contributed by atoms with van der Waals surface area (Å²) in [5, 5.41) is 14.2. The third-order valence-electron chi connectivity index (χ3n) is 3.19. The van der Waals surface area contributed by atoms with Crippen molar-refractivity contribution in [2.75, 3.05) is 13.1 Å². The predicted molar refractivity (Wildman–Crippen MR) is 57.5 cm³/mol. The fourth-order valence-corrected chi connectivity index (χ4v) is 2.40. The summed E-state index contributed by atoms with van der Waals surface area (Å²) in [5.74, 6) is -0.0435. The number of nitriles is 1. The Kier molecular flexibility index (Phi) is 3.75. The second-order valence-corrected chi connectivity index (χ2v) is 4.36. The highest BCUT2D eigenvalue weighted by molar-refractivity contribution is 5.78. The molecule has 0 aliphatic carbocycles. The van der Waals surface area contributed by atoms with Crippen LogP contribution in [0.25, 0.3) is 0 Å². The van der Waals surface area contributed by atoms with Gasteiger partial charge in [-0.15, -0.1) is 0 Å². The Balaban J connectivity index is 1.61. The molecular formula is C11H17N3O2. The van der Waals surface area contributed by atoms with Gasteiger partial charge in [-0.2, -0.15) is 5.26 Å². The van der Waals surface area contributed by atoms with Crippen LogP contribution in [0.5, 0.6) is 0 Å². The van der Waals surface area contributed by atoms with Crippen molar-refractivity contribution in [1.29, 1.82) is 5.26 Å². The summed E-state index contributed by atoms with van der Waals surface area (Å²) >= 11 is 0. The van der Waals surface area contributed by atoms with Gasteiger partial charge in [0.1, 0.15) is 0 Å². The Hall–Kier alpha value is -1.12. The number of nitrogens with zero attached hydrogens (tertiary/aromatic N) is 1. The van der Waals surface area contributed by atoms with E-state index in [0.717, 1.165) is 19.3 Å². The lowest BCUT2D eigenvalue weighted by molar-refractivity contribution is -0.120. The maximum absolute atomic E-state index is 11.4. The van der Waals surface area contributed by atoms with Gasteiger partial charge in [0.25, 0.3) is 0 Å². The minimum atomic E-state index is -0.0435. The normalized spacial score (nSPS) is 31.3. The van der Waals surface area contributed by atoms with Crippen LogP contribution in [0.1, 0.15) is 25.7 Å². The molecule has 3 unspecified atom stereocenters. The fourth-order valence-electron chi connectivity index (χ4n) is 2.40. The third-order valence-corrected chi connectivity index (χ3v) is 3.19. The number of carbonyl (C=O) groups is 1. The van der Waals surface area contributed by atoms with Gasteiger partial charge in [0.2, 0.25) is 5.91 Å². The molecule has 2 N–H and O–H groups in total. The van der Waals surface area contributed by atoms with E-state index < -0.39 is 0 Å². The highest BCUT2D eigenvalue weighted by Gasteiger charge is 2.40. The van der Waals surface area contributed by atoms with Crippen LogP contribution in [0.2, 0.25) is 0 Å². The van der Waals surface area contributed by atoms with Crippen molar-refractivity contribution in [3.05, 3.63) is 0 Å². The Morgan fingerprint density at radius 2 is 2.38 bits per heavy atom. The van der Waals surface area contributed by atoms with Gasteiger partial charge < -0.3 is 15.4 Å². The summed E-state index contributed by atoms with van der Waals surface area (Å²) in [5.41, 5.74) is 0. The van der Waals surface area contributed by atoms with Gasteiger partial charge in [-0.05, 0) is 19.3 Å². The molecule has 0 aromatic heterocycles. The van der Waals surface area contributed by atoms with Crippen LogP contribution < -0.4 is 10.6 Å². The number of amides is 1. The summed E-state index contributed by atoms with van der Waals surface area (Å²) < 4.78 is 5.68. The number of hydrogen-bond acceptors (Lipinski definition) is 4. The first-order valence-corrected chi connectivity index (χ1v) is 5.82. The van der Waals surface area contributed by atoms with Gasteiger partial charge in [-0.25, -0.2) is 0 Å². The SMILES string of the molecule is N#CCCNC(=O)CNC1CC2CCC1O2. The second-order valence-electron chi connectivity index (χ2n) is 4.36. The first-order valence-electron chi connectivity index (χ1n) is 5.82. The Morgan fingerprint density at radius 3 is 3.00 bits per heavy atom. The van der Waals surface area contributed by atoms with Gasteiger partial charge in [-0.1, -0.05) is 0 Å². The minimum absolute atomic E-state index is 0.0435. The standard InChI is InChI=1S/C11H17N3O2/c12-4-1-5-13-11(15)7-14-9-6-8-2-3-10(9)16-8/h8-10,14H,1-3,5-7H2,(H,13,15). The number of fused-ring (bicyclic) bond motifs is 2. The molecule has 2 heterocycles. The Bertz CT molecular complexity index is 300. The van der Waals surface area contributed by atoms with E-state index in [2.05, 4.69) is 10.6 Å². The Labute approximate surface area is 95.1 Å². The summed E-state index contributed by atoms with van der Waals surface area (Å²) in [6, 6.07) is 2.32. The van der Waals surface area contributed by atoms with E-state index in [0.29, 0.717) is 37.8 Å². The zero-order valence-corrected chi connectivity index (χ0v) is 9.24. The third kappa shape index (κ3) is 2.71. The summed E-state index contributed by atoms with van der Waals surface area (Å²) in [6.07, 6.45) is 4.37. The minimum Gasteiger partial charge on any atom is -0.373 e. The molecule has 0 radical (unpaired) electrons. The molecule has 2 bridgehead atoms. The Morgan fingerprint density at radius 1 is 1.50 bits per heavy atom. The maximum atomic E-state index is 11.4. The van der Waals surface area contributed by atoms with E-state index >= 15 is 0 Å². The lowest BCUT2D eigenvalue weighted by Gasteiger charge is -2.19. The zero-order chi connectivity index (χ0) is 11.4. The van der Waals surface area contributed by atoms with Crippen molar-refractivity contribution in [3.8, 4) is 6.07 Å². The topological polar surface area (TPSA) is 74.2 Å². The van der Waals surface area contributed by atoms with E-state index in [1.807, 2.05) is 6.07 Å². The highest BCUT2D eigenvalue weighted by atomic mass is 16.5. The monoisotopic (exact) mass is 223 g/mol. The molecule has 5 heteroatoms. The van der Waals surface area contributed by atoms with E-state index in [1.165, 1.54) is 0 Å². The van der Waals surface area contributed by atoms with Crippen LogP contribution in [-0.4, -0.2) is 37.2 Å². The van der Waals surface area contributed by atoms with Gasteiger partial charge in [0, 0.05) is 12.6 Å². The molecule has 2 saturated heterocycles. The maximum Gasteiger partial charge on any atom is 0.234 e. The highest BCUT2D eigenvalue weighted by Crippen LogP contribution is 2.34. The number of nitrogens with one attached hydrogen (secondary N) is 2. The van der Waals surface area contributed by atoms with Crippen molar-refractivity contribution in [2.24, 2.45) is 0 Å². The molecule has 1 amide bonds. The second kappa shape index (κ2) is 5.28. The van der Waals surface area contributed by atoms with Crippen LogP contribution in [-0.2, 0) is 9.53 Å². The molecule has 5 nitrogen and oxygen atoms in total. The van der Waals surface area contributed by atoms with Gasteiger partial charge in [-0.3, -0.25) is 4.79 Å². The van der Waals surface area contributed by atoms with Crippen LogP contribution in [0.15, 0.2) is 0 Å². The van der Waals surface area contributed by atoms with E-state index in [-0.39, 0.29) is 5.91 Å². The fraction of sp³-hybridized carbons (Fsp3) is 0.818. The van der Waals surface area contributed by atoms with E-state index in [9.17, 15) is 4.79 Å². The number of carbonyl (C=O) groups excluding carboxylic acids is 1. The van der Waals surface area contributed by atoms with Crippen LogP contribution in [0.3, 0.4) is 0 Å². The lowest BCUT2D eigenvalue weighted by atomic mass is 9.95. The average molecular weight is 223 g/mol. The molecule has 88 valence electrons. The number of hydrogen-bond donors (Lipinski definition) is 2. The first kappa shape index (κ1) is 11.4. The van der Waals surface area contributed by atoms with Crippen molar-refractivity contribution >= 4 is 5.91 Å². The van der Waals surface area contributed by atoms with Gasteiger partial charge in [0.05, 0.1) is 31.2 Å². The quantitative estimate of drug-likeness (QED) is 0.640. The number of ether oxygens (including phenoxy) is 1.